The van der Waals surface area contributed by atoms with Crippen LogP contribution in [-0.2, 0) is 15.6 Å². The second-order valence-electron chi connectivity index (χ2n) is 4.77. The molecule has 1 heterocycles. The summed E-state index contributed by atoms with van der Waals surface area (Å²) in [4.78, 5) is 14.0. The number of allylic oxidation sites excluding steroid dienone is 1. The van der Waals surface area contributed by atoms with Gasteiger partial charge in [-0.05, 0) is 32.6 Å². The van der Waals surface area contributed by atoms with Crippen molar-refractivity contribution in [1.82, 2.24) is 4.90 Å². The first-order chi connectivity index (χ1) is 8.06. The normalized spacial score (nSPS) is 21.7. The first-order valence-electron chi connectivity index (χ1n) is 6.33. The highest BCUT2D eigenvalue weighted by Gasteiger charge is 2.27. The van der Waals surface area contributed by atoms with Crippen molar-refractivity contribution in [2.45, 2.75) is 38.9 Å². The van der Waals surface area contributed by atoms with Gasteiger partial charge in [-0.3, -0.25) is 9.00 Å². The van der Waals surface area contributed by atoms with Crippen LogP contribution in [0.2, 0.25) is 0 Å². The van der Waals surface area contributed by atoms with Gasteiger partial charge in [-0.1, -0.05) is 19.1 Å². The molecule has 1 aliphatic heterocycles. The van der Waals surface area contributed by atoms with E-state index < -0.39 is 10.8 Å². The van der Waals surface area contributed by atoms with Gasteiger partial charge in [-0.2, -0.15) is 0 Å². The molecule has 3 nitrogen and oxygen atoms in total. The Morgan fingerprint density at radius 2 is 2.06 bits per heavy atom. The first kappa shape index (κ1) is 14.4. The SMILES string of the molecule is C/C=C/C[S@@](=O)[C@@H](C)C(=O)N1CCC(C)CC1. The van der Waals surface area contributed by atoms with Gasteiger partial charge < -0.3 is 4.90 Å². The Morgan fingerprint density at radius 3 is 2.59 bits per heavy atom. The Labute approximate surface area is 107 Å². The van der Waals surface area contributed by atoms with Crippen LogP contribution in [-0.4, -0.2) is 39.1 Å². The lowest BCUT2D eigenvalue weighted by Gasteiger charge is -2.31. The van der Waals surface area contributed by atoms with E-state index in [1.807, 2.05) is 24.0 Å². The Morgan fingerprint density at radius 1 is 1.47 bits per heavy atom. The minimum absolute atomic E-state index is 0.0553. The van der Waals surface area contributed by atoms with E-state index in [9.17, 15) is 9.00 Å². The molecular weight excluding hydrogens is 234 g/mol. The van der Waals surface area contributed by atoms with Crippen LogP contribution < -0.4 is 0 Å². The van der Waals surface area contributed by atoms with Crippen LogP contribution in [0.15, 0.2) is 12.2 Å². The smallest absolute Gasteiger partial charge is 0.238 e. The van der Waals surface area contributed by atoms with E-state index in [4.69, 9.17) is 0 Å². The summed E-state index contributed by atoms with van der Waals surface area (Å²) in [5.74, 6) is 1.25. The number of hydrogen-bond acceptors (Lipinski definition) is 2. The quantitative estimate of drug-likeness (QED) is 0.722. The molecule has 17 heavy (non-hydrogen) atoms. The van der Waals surface area contributed by atoms with E-state index in [0.717, 1.165) is 25.9 Å². The summed E-state index contributed by atoms with van der Waals surface area (Å²) >= 11 is 0. The Hall–Kier alpha value is -0.640. The highest BCUT2D eigenvalue weighted by atomic mass is 32.2. The van der Waals surface area contributed by atoms with Crippen molar-refractivity contribution in [1.29, 1.82) is 0 Å². The maximum atomic E-state index is 12.1. The fourth-order valence-corrected chi connectivity index (χ4v) is 2.98. The van der Waals surface area contributed by atoms with Gasteiger partial charge in [0, 0.05) is 29.6 Å². The molecule has 0 spiro atoms. The number of carbonyl (C=O) groups is 1. The van der Waals surface area contributed by atoms with Crippen LogP contribution in [0, 0.1) is 5.92 Å². The first-order valence-corrected chi connectivity index (χ1v) is 7.71. The second-order valence-corrected chi connectivity index (χ2v) is 6.57. The van der Waals surface area contributed by atoms with Crippen molar-refractivity contribution in [3.8, 4) is 0 Å². The van der Waals surface area contributed by atoms with E-state index in [2.05, 4.69) is 6.92 Å². The monoisotopic (exact) mass is 257 g/mol. The summed E-state index contributed by atoms with van der Waals surface area (Å²) in [5, 5.41) is -0.375. The van der Waals surface area contributed by atoms with Crippen molar-refractivity contribution in [3.05, 3.63) is 12.2 Å². The lowest BCUT2D eigenvalue weighted by Crippen LogP contribution is -2.44. The number of hydrogen-bond donors (Lipinski definition) is 0. The van der Waals surface area contributed by atoms with Crippen molar-refractivity contribution in [3.63, 3.8) is 0 Å². The number of likely N-dealkylation sites (tertiary alicyclic amines) is 1. The molecule has 0 radical (unpaired) electrons. The Bertz CT molecular complexity index is 307. The summed E-state index contributed by atoms with van der Waals surface area (Å²) in [5.41, 5.74) is 0. The van der Waals surface area contributed by atoms with Gasteiger partial charge in [0.1, 0.15) is 5.25 Å². The third-order valence-corrected chi connectivity index (χ3v) is 4.84. The lowest BCUT2D eigenvalue weighted by atomic mass is 9.99. The van der Waals surface area contributed by atoms with Gasteiger partial charge in [0.25, 0.3) is 0 Å². The van der Waals surface area contributed by atoms with Gasteiger partial charge in [-0.25, -0.2) is 0 Å². The summed E-state index contributed by atoms with van der Waals surface area (Å²) in [6.07, 6.45) is 5.87. The molecule has 4 heteroatoms. The molecular formula is C13H23NO2S. The molecule has 0 aromatic heterocycles. The molecule has 1 saturated heterocycles. The van der Waals surface area contributed by atoms with E-state index in [-0.39, 0.29) is 11.2 Å². The summed E-state index contributed by atoms with van der Waals surface area (Å²) in [6.45, 7) is 7.54. The van der Waals surface area contributed by atoms with Gasteiger partial charge in [0.15, 0.2) is 0 Å². The van der Waals surface area contributed by atoms with Crippen molar-refractivity contribution < 1.29 is 9.00 Å². The zero-order valence-corrected chi connectivity index (χ0v) is 11.8. The number of rotatable bonds is 4. The van der Waals surface area contributed by atoms with Crippen LogP contribution >= 0.6 is 0 Å². The van der Waals surface area contributed by atoms with E-state index in [1.165, 1.54) is 0 Å². The second kappa shape index (κ2) is 6.94. The molecule has 0 unspecified atom stereocenters. The molecule has 98 valence electrons. The van der Waals surface area contributed by atoms with Crippen molar-refractivity contribution in [2.24, 2.45) is 5.92 Å². The fraction of sp³-hybridized carbons (Fsp3) is 0.769. The van der Waals surface area contributed by atoms with Crippen LogP contribution in [0.5, 0.6) is 0 Å². The number of amides is 1. The third kappa shape index (κ3) is 4.26. The molecule has 1 aliphatic rings. The van der Waals surface area contributed by atoms with Crippen LogP contribution in [0.3, 0.4) is 0 Å². The van der Waals surface area contributed by atoms with Gasteiger partial charge in [0.05, 0.1) is 0 Å². The summed E-state index contributed by atoms with van der Waals surface area (Å²) in [6, 6.07) is 0. The molecule has 1 rings (SSSR count). The molecule has 0 bridgehead atoms. The topological polar surface area (TPSA) is 37.4 Å². The Kier molecular flexibility index (Phi) is 5.89. The minimum Gasteiger partial charge on any atom is -0.342 e. The minimum atomic E-state index is -1.08. The zero-order valence-electron chi connectivity index (χ0n) is 11.0. The highest BCUT2D eigenvalue weighted by Crippen LogP contribution is 2.17. The van der Waals surface area contributed by atoms with Crippen LogP contribution in [0.4, 0.5) is 0 Å². The standard InChI is InChI=1S/C13H23NO2S/c1-4-5-10-17(16)12(3)13(15)14-8-6-11(2)7-9-14/h4-5,11-12H,6-10H2,1-3H3/b5-4+/t12-,17+/m0/s1. The van der Waals surface area contributed by atoms with Crippen LogP contribution in [0.25, 0.3) is 0 Å². The molecule has 0 aromatic carbocycles. The maximum absolute atomic E-state index is 12.1. The van der Waals surface area contributed by atoms with E-state index in [0.29, 0.717) is 11.7 Å². The number of piperidine rings is 1. The van der Waals surface area contributed by atoms with E-state index >= 15 is 0 Å². The van der Waals surface area contributed by atoms with Gasteiger partial charge in [-0.15, -0.1) is 0 Å². The average molecular weight is 257 g/mol. The lowest BCUT2D eigenvalue weighted by molar-refractivity contribution is -0.131. The molecule has 2 atom stereocenters. The Balaban J connectivity index is 2.48. The number of nitrogens with zero attached hydrogens (tertiary/aromatic N) is 1. The fourth-order valence-electron chi connectivity index (χ4n) is 1.93. The van der Waals surface area contributed by atoms with Crippen molar-refractivity contribution in [2.75, 3.05) is 18.8 Å². The molecule has 0 aromatic rings. The van der Waals surface area contributed by atoms with Gasteiger partial charge in [0.2, 0.25) is 5.91 Å². The van der Waals surface area contributed by atoms with E-state index in [1.54, 1.807) is 6.92 Å². The summed E-state index contributed by atoms with van der Waals surface area (Å²) in [7, 11) is -1.08. The molecule has 1 fully saturated rings. The predicted molar refractivity (Wildman–Crippen MR) is 72.3 cm³/mol. The summed E-state index contributed by atoms with van der Waals surface area (Å²) < 4.78 is 11.9. The maximum Gasteiger partial charge on any atom is 0.238 e. The molecule has 0 saturated carbocycles. The third-order valence-electron chi connectivity index (χ3n) is 3.33. The molecule has 1 amide bonds. The molecule has 0 N–H and O–H groups in total. The van der Waals surface area contributed by atoms with Gasteiger partial charge >= 0.3 is 0 Å². The molecule has 0 aliphatic carbocycles. The predicted octanol–water partition coefficient (Wildman–Crippen LogP) is 1.96. The largest absolute Gasteiger partial charge is 0.342 e. The number of carbonyl (C=O) groups excluding carboxylic acids is 1. The zero-order chi connectivity index (χ0) is 12.8. The highest BCUT2D eigenvalue weighted by molar-refractivity contribution is 7.86. The average Bonchev–Trinajstić information content (AvgIpc) is 2.35. The van der Waals surface area contributed by atoms with Crippen molar-refractivity contribution >= 4 is 16.7 Å². The van der Waals surface area contributed by atoms with Crippen LogP contribution in [0.1, 0.15) is 33.6 Å².